The van der Waals surface area contributed by atoms with Crippen LogP contribution in [0.5, 0.6) is 0 Å². The Balaban J connectivity index is 1.71. The van der Waals surface area contributed by atoms with Crippen molar-refractivity contribution in [2.75, 3.05) is 5.75 Å². The summed E-state index contributed by atoms with van der Waals surface area (Å²) < 4.78 is 0. The van der Waals surface area contributed by atoms with E-state index in [2.05, 4.69) is 28.5 Å². The highest BCUT2D eigenvalue weighted by Crippen LogP contribution is 2.28. The molecule has 1 atom stereocenters. The van der Waals surface area contributed by atoms with Crippen molar-refractivity contribution in [3.63, 3.8) is 0 Å². The fourth-order valence-corrected chi connectivity index (χ4v) is 3.27. The number of carbonyl (C=O) groups is 1. The molecule has 0 bridgehead atoms. The molecule has 106 valence electrons. The normalized spacial score (nSPS) is 18.1. The molecule has 5 heteroatoms. The predicted molar refractivity (Wildman–Crippen MR) is 82.8 cm³/mol. The van der Waals surface area contributed by atoms with Gasteiger partial charge >= 0.3 is 0 Å². The van der Waals surface area contributed by atoms with Crippen LogP contribution in [-0.4, -0.2) is 28.2 Å². The minimum Gasteiger partial charge on any atom is -0.368 e. The van der Waals surface area contributed by atoms with Gasteiger partial charge < -0.3 is 16.0 Å². The van der Waals surface area contributed by atoms with E-state index in [1.54, 1.807) is 11.8 Å². The monoisotopic (exact) mass is 289 g/mol. The molecule has 0 saturated heterocycles. The second-order valence-corrected chi connectivity index (χ2v) is 6.64. The van der Waals surface area contributed by atoms with Gasteiger partial charge in [0, 0.05) is 22.7 Å². The number of aromatic nitrogens is 1. The zero-order valence-electron chi connectivity index (χ0n) is 11.5. The number of amides is 1. The summed E-state index contributed by atoms with van der Waals surface area (Å²) in [7, 11) is 0. The maximum absolute atomic E-state index is 11.7. The van der Waals surface area contributed by atoms with Crippen LogP contribution in [-0.2, 0) is 4.79 Å². The van der Waals surface area contributed by atoms with Gasteiger partial charge in [-0.15, -0.1) is 11.8 Å². The Morgan fingerprint density at radius 3 is 2.90 bits per heavy atom. The third kappa shape index (κ3) is 2.83. The van der Waals surface area contributed by atoms with E-state index in [0.717, 1.165) is 23.4 Å². The number of H-pyrrole nitrogens is 1. The van der Waals surface area contributed by atoms with E-state index >= 15 is 0 Å². The van der Waals surface area contributed by atoms with Gasteiger partial charge in [-0.05, 0) is 31.9 Å². The van der Waals surface area contributed by atoms with Crippen molar-refractivity contribution in [2.24, 2.45) is 5.73 Å². The molecule has 1 unspecified atom stereocenters. The summed E-state index contributed by atoms with van der Waals surface area (Å²) in [5.41, 5.74) is 6.03. The van der Waals surface area contributed by atoms with Gasteiger partial charge in [-0.2, -0.15) is 0 Å². The van der Waals surface area contributed by atoms with E-state index in [1.807, 2.05) is 19.1 Å². The molecule has 0 aliphatic heterocycles. The van der Waals surface area contributed by atoms with E-state index in [-0.39, 0.29) is 5.91 Å². The lowest BCUT2D eigenvalue weighted by Gasteiger charge is -2.26. The molecule has 4 nitrogen and oxygen atoms in total. The second kappa shape index (κ2) is 5.14. The highest BCUT2D eigenvalue weighted by molar-refractivity contribution is 7.99. The van der Waals surface area contributed by atoms with Gasteiger partial charge in [0.2, 0.25) is 5.91 Å². The van der Waals surface area contributed by atoms with E-state index < -0.39 is 5.54 Å². The molecule has 1 aliphatic rings. The van der Waals surface area contributed by atoms with Gasteiger partial charge in [0.25, 0.3) is 0 Å². The first-order valence-electron chi connectivity index (χ1n) is 6.85. The van der Waals surface area contributed by atoms with Gasteiger partial charge in [0.15, 0.2) is 0 Å². The fourth-order valence-electron chi connectivity index (χ4n) is 2.21. The van der Waals surface area contributed by atoms with Gasteiger partial charge in [-0.3, -0.25) is 4.79 Å². The van der Waals surface area contributed by atoms with Crippen LogP contribution in [0.4, 0.5) is 0 Å². The summed E-state index contributed by atoms with van der Waals surface area (Å²) in [6.45, 7) is 1.89. The van der Waals surface area contributed by atoms with Gasteiger partial charge in [-0.25, -0.2) is 0 Å². The number of aromatic amines is 1. The number of primary amides is 1. The Hall–Kier alpha value is -1.46. The zero-order valence-corrected chi connectivity index (χ0v) is 12.3. The minimum absolute atomic E-state index is 0.284. The Labute approximate surface area is 122 Å². The van der Waals surface area contributed by atoms with Crippen molar-refractivity contribution in [1.29, 1.82) is 0 Å². The van der Waals surface area contributed by atoms with Crippen molar-refractivity contribution in [2.45, 2.75) is 36.4 Å². The van der Waals surface area contributed by atoms with Crippen LogP contribution in [0.25, 0.3) is 10.9 Å². The van der Waals surface area contributed by atoms with Crippen molar-refractivity contribution in [1.82, 2.24) is 10.3 Å². The average Bonchev–Trinajstić information content (AvgIpc) is 3.12. The molecule has 4 N–H and O–H groups in total. The van der Waals surface area contributed by atoms with E-state index in [0.29, 0.717) is 11.8 Å². The third-order valence-corrected chi connectivity index (χ3v) is 4.92. The number of carbonyl (C=O) groups excluding carboxylic acids is 1. The SMILES string of the molecule is CC(CSc1cc2ccccc2[nH]1)(NC1CC1)C(N)=O. The first-order valence-corrected chi connectivity index (χ1v) is 7.83. The van der Waals surface area contributed by atoms with E-state index in [9.17, 15) is 4.79 Å². The van der Waals surface area contributed by atoms with Crippen LogP contribution >= 0.6 is 11.8 Å². The second-order valence-electron chi connectivity index (χ2n) is 5.62. The molecule has 3 rings (SSSR count). The molecule has 1 aromatic carbocycles. The number of thioether (sulfide) groups is 1. The summed E-state index contributed by atoms with van der Waals surface area (Å²) >= 11 is 1.63. The average molecular weight is 289 g/mol. The molecule has 1 aromatic heterocycles. The predicted octanol–water partition coefficient (Wildman–Crippen LogP) is 2.26. The number of fused-ring (bicyclic) bond motifs is 1. The topological polar surface area (TPSA) is 70.9 Å². The number of nitrogens with two attached hydrogens (primary N) is 1. The van der Waals surface area contributed by atoms with Crippen molar-refractivity contribution in [3.05, 3.63) is 30.3 Å². The standard InChI is InChI=1S/C15H19N3OS/c1-15(14(16)19,18-11-6-7-11)9-20-13-8-10-4-2-3-5-12(10)17-13/h2-5,8,11,17-18H,6-7,9H2,1H3,(H2,16,19). The van der Waals surface area contributed by atoms with Gasteiger partial charge in [0.05, 0.1) is 5.03 Å². The molecule has 1 saturated carbocycles. The fraction of sp³-hybridized carbons (Fsp3) is 0.400. The Morgan fingerprint density at radius 2 is 2.25 bits per heavy atom. The lowest BCUT2D eigenvalue weighted by atomic mass is 10.1. The van der Waals surface area contributed by atoms with Crippen molar-refractivity contribution in [3.8, 4) is 0 Å². The van der Waals surface area contributed by atoms with Crippen LogP contribution in [0.2, 0.25) is 0 Å². The first kappa shape index (κ1) is 13.5. The lowest BCUT2D eigenvalue weighted by Crippen LogP contribution is -2.55. The maximum Gasteiger partial charge on any atom is 0.238 e. The van der Waals surface area contributed by atoms with Crippen LogP contribution in [0, 0.1) is 0 Å². The number of hydrogen-bond acceptors (Lipinski definition) is 3. The minimum atomic E-state index is -0.650. The Kier molecular flexibility index (Phi) is 3.48. The van der Waals surface area contributed by atoms with Crippen molar-refractivity contribution < 1.29 is 4.79 Å². The molecule has 0 spiro atoms. The molecule has 0 radical (unpaired) electrons. The number of para-hydroxylation sites is 1. The third-order valence-electron chi connectivity index (χ3n) is 3.67. The highest BCUT2D eigenvalue weighted by Gasteiger charge is 2.37. The zero-order chi connectivity index (χ0) is 14.2. The molecule has 1 heterocycles. The van der Waals surface area contributed by atoms with Crippen LogP contribution in [0.3, 0.4) is 0 Å². The van der Waals surface area contributed by atoms with Gasteiger partial charge in [-0.1, -0.05) is 18.2 Å². The molecular weight excluding hydrogens is 270 g/mol. The van der Waals surface area contributed by atoms with Crippen LogP contribution < -0.4 is 11.1 Å². The summed E-state index contributed by atoms with van der Waals surface area (Å²) in [4.78, 5) is 15.1. The number of nitrogens with one attached hydrogen (secondary N) is 2. The van der Waals surface area contributed by atoms with Gasteiger partial charge in [0.1, 0.15) is 5.54 Å². The largest absolute Gasteiger partial charge is 0.368 e. The summed E-state index contributed by atoms with van der Waals surface area (Å²) in [5.74, 6) is 0.346. The lowest BCUT2D eigenvalue weighted by molar-refractivity contribution is -0.123. The highest BCUT2D eigenvalue weighted by atomic mass is 32.2. The summed E-state index contributed by atoms with van der Waals surface area (Å²) in [6, 6.07) is 10.7. The molecule has 1 aliphatic carbocycles. The molecule has 2 aromatic rings. The molecule has 1 amide bonds. The Morgan fingerprint density at radius 1 is 1.50 bits per heavy atom. The van der Waals surface area contributed by atoms with E-state index in [4.69, 9.17) is 5.73 Å². The quantitative estimate of drug-likeness (QED) is 0.714. The molecule has 1 fully saturated rings. The van der Waals surface area contributed by atoms with Crippen molar-refractivity contribution >= 4 is 28.6 Å². The Bertz CT molecular complexity index is 602. The van der Waals surface area contributed by atoms with Crippen LogP contribution in [0.15, 0.2) is 35.4 Å². The molecule has 20 heavy (non-hydrogen) atoms. The van der Waals surface area contributed by atoms with E-state index in [1.165, 1.54) is 5.39 Å². The summed E-state index contributed by atoms with van der Waals surface area (Å²) in [5, 5.41) is 5.61. The van der Waals surface area contributed by atoms with Crippen LogP contribution in [0.1, 0.15) is 19.8 Å². The summed E-state index contributed by atoms with van der Waals surface area (Å²) in [6.07, 6.45) is 2.28. The molecular formula is C15H19N3OS. The number of rotatable bonds is 6. The number of benzene rings is 1. The first-order chi connectivity index (χ1) is 9.57. The smallest absolute Gasteiger partial charge is 0.238 e. The maximum atomic E-state index is 11.7. The number of hydrogen-bond donors (Lipinski definition) is 3.